The van der Waals surface area contributed by atoms with Gasteiger partial charge < -0.3 is 11.1 Å². The number of hydrogen-bond donors (Lipinski definition) is 2. The van der Waals surface area contributed by atoms with Crippen molar-refractivity contribution in [2.24, 2.45) is 0 Å². The van der Waals surface area contributed by atoms with E-state index >= 15 is 0 Å². The molecule has 1 aromatic rings. The molecular weight excluding hydrogens is 268 g/mol. The molecular formula is C12H13BrN2O. The molecule has 3 N–H and O–H groups in total. The average Bonchev–Trinajstić information content (AvgIpc) is 2.24. The molecule has 0 aliphatic heterocycles. The first-order valence-electron chi connectivity index (χ1n) is 4.90. The highest BCUT2D eigenvalue weighted by atomic mass is 79.9. The summed E-state index contributed by atoms with van der Waals surface area (Å²) in [5, 5.41) is 2.74. The molecule has 1 atom stereocenters. The number of benzene rings is 1. The van der Waals surface area contributed by atoms with Crippen LogP contribution in [0.25, 0.3) is 0 Å². The summed E-state index contributed by atoms with van der Waals surface area (Å²) in [6.07, 6.45) is 5.97. The highest BCUT2D eigenvalue weighted by Gasteiger charge is 2.10. The summed E-state index contributed by atoms with van der Waals surface area (Å²) in [6.45, 7) is 1.92. The standard InChI is InChI=1S/C12H13BrN2O/c1-3-11(4-2)15-12(16)8-5-9(13)7-10(14)6-8/h1,5-7,11H,4,14H2,2H3,(H,15,16). The van der Waals surface area contributed by atoms with Gasteiger partial charge in [0.05, 0.1) is 6.04 Å². The van der Waals surface area contributed by atoms with Gasteiger partial charge in [0.15, 0.2) is 0 Å². The lowest BCUT2D eigenvalue weighted by Crippen LogP contribution is -2.33. The highest BCUT2D eigenvalue weighted by molar-refractivity contribution is 9.10. The van der Waals surface area contributed by atoms with Crippen LogP contribution < -0.4 is 11.1 Å². The van der Waals surface area contributed by atoms with E-state index in [9.17, 15) is 4.79 Å². The highest BCUT2D eigenvalue weighted by Crippen LogP contribution is 2.17. The van der Waals surface area contributed by atoms with Crippen LogP contribution in [0, 0.1) is 12.3 Å². The first kappa shape index (κ1) is 12.6. The molecule has 16 heavy (non-hydrogen) atoms. The number of carbonyl (C=O) groups excluding carboxylic acids is 1. The minimum absolute atomic E-state index is 0.210. The van der Waals surface area contributed by atoms with Crippen molar-refractivity contribution in [1.29, 1.82) is 0 Å². The minimum Gasteiger partial charge on any atom is -0.399 e. The summed E-state index contributed by atoms with van der Waals surface area (Å²) in [7, 11) is 0. The maximum Gasteiger partial charge on any atom is 0.252 e. The SMILES string of the molecule is C#CC(CC)NC(=O)c1cc(N)cc(Br)c1. The van der Waals surface area contributed by atoms with Crippen molar-refractivity contribution >= 4 is 27.5 Å². The molecule has 0 heterocycles. The van der Waals surface area contributed by atoms with Gasteiger partial charge in [-0.25, -0.2) is 0 Å². The number of terminal acetylenes is 1. The van der Waals surface area contributed by atoms with E-state index < -0.39 is 0 Å². The molecule has 3 nitrogen and oxygen atoms in total. The van der Waals surface area contributed by atoms with Gasteiger partial charge in [0, 0.05) is 15.7 Å². The van der Waals surface area contributed by atoms with E-state index in [2.05, 4.69) is 27.2 Å². The van der Waals surface area contributed by atoms with Crippen LogP contribution in [-0.2, 0) is 0 Å². The summed E-state index contributed by atoms with van der Waals surface area (Å²) >= 11 is 3.28. The lowest BCUT2D eigenvalue weighted by atomic mass is 10.1. The number of carbonyl (C=O) groups is 1. The van der Waals surface area contributed by atoms with E-state index in [4.69, 9.17) is 12.2 Å². The van der Waals surface area contributed by atoms with Crippen molar-refractivity contribution in [3.8, 4) is 12.3 Å². The van der Waals surface area contributed by atoms with Gasteiger partial charge in [-0.3, -0.25) is 4.79 Å². The molecule has 0 spiro atoms. The van der Waals surface area contributed by atoms with Crippen molar-refractivity contribution < 1.29 is 4.79 Å². The molecule has 0 radical (unpaired) electrons. The third-order valence-corrected chi connectivity index (χ3v) is 2.55. The van der Waals surface area contributed by atoms with Gasteiger partial charge in [0.2, 0.25) is 0 Å². The van der Waals surface area contributed by atoms with Crippen LogP contribution in [0.15, 0.2) is 22.7 Å². The monoisotopic (exact) mass is 280 g/mol. The van der Waals surface area contributed by atoms with Crippen molar-refractivity contribution in [1.82, 2.24) is 5.32 Å². The Hall–Kier alpha value is -1.47. The maximum absolute atomic E-state index is 11.8. The Labute approximate surface area is 104 Å². The molecule has 0 fully saturated rings. The van der Waals surface area contributed by atoms with Gasteiger partial charge in [-0.2, -0.15) is 0 Å². The number of amides is 1. The molecule has 1 amide bonds. The molecule has 1 aromatic carbocycles. The number of anilines is 1. The molecule has 1 unspecified atom stereocenters. The number of rotatable bonds is 3. The van der Waals surface area contributed by atoms with Crippen LogP contribution in [-0.4, -0.2) is 11.9 Å². The Morgan fingerprint density at radius 3 is 2.81 bits per heavy atom. The molecule has 0 saturated carbocycles. The van der Waals surface area contributed by atoms with Crippen molar-refractivity contribution in [3.05, 3.63) is 28.2 Å². The molecule has 0 aliphatic rings. The van der Waals surface area contributed by atoms with Crippen molar-refractivity contribution in [2.45, 2.75) is 19.4 Å². The zero-order valence-electron chi connectivity index (χ0n) is 8.96. The minimum atomic E-state index is -0.243. The van der Waals surface area contributed by atoms with Gasteiger partial charge in [0.25, 0.3) is 5.91 Å². The van der Waals surface area contributed by atoms with Gasteiger partial charge in [-0.05, 0) is 24.6 Å². The number of nitrogens with two attached hydrogens (primary N) is 1. The van der Waals surface area contributed by atoms with Crippen molar-refractivity contribution in [3.63, 3.8) is 0 Å². The molecule has 1 rings (SSSR count). The Morgan fingerprint density at radius 1 is 1.62 bits per heavy atom. The van der Waals surface area contributed by atoms with Crippen LogP contribution in [0.3, 0.4) is 0 Å². The van der Waals surface area contributed by atoms with E-state index in [-0.39, 0.29) is 11.9 Å². The molecule has 0 bridgehead atoms. The second-order valence-corrected chi connectivity index (χ2v) is 4.29. The van der Waals surface area contributed by atoms with Gasteiger partial charge in [-0.1, -0.05) is 28.8 Å². The van der Waals surface area contributed by atoms with Gasteiger partial charge >= 0.3 is 0 Å². The maximum atomic E-state index is 11.8. The largest absolute Gasteiger partial charge is 0.399 e. The second kappa shape index (κ2) is 5.57. The number of halogens is 1. The fourth-order valence-electron chi connectivity index (χ4n) is 1.25. The van der Waals surface area contributed by atoms with Crippen LogP contribution in [0.2, 0.25) is 0 Å². The van der Waals surface area contributed by atoms with Crippen LogP contribution >= 0.6 is 15.9 Å². The Morgan fingerprint density at radius 2 is 2.31 bits per heavy atom. The topological polar surface area (TPSA) is 55.1 Å². The zero-order valence-corrected chi connectivity index (χ0v) is 10.5. The molecule has 0 saturated heterocycles. The third-order valence-electron chi connectivity index (χ3n) is 2.10. The number of nitrogen functional groups attached to an aromatic ring is 1. The Bertz CT molecular complexity index is 417. The Kier molecular flexibility index (Phi) is 4.39. The second-order valence-electron chi connectivity index (χ2n) is 3.37. The Balaban J connectivity index is 2.85. The lowest BCUT2D eigenvalue weighted by molar-refractivity contribution is 0.0945. The molecule has 0 aromatic heterocycles. The number of nitrogens with one attached hydrogen (secondary N) is 1. The summed E-state index contributed by atoms with van der Waals surface area (Å²) in [4.78, 5) is 11.8. The van der Waals surface area contributed by atoms with Crippen LogP contribution in [0.5, 0.6) is 0 Å². The summed E-state index contributed by atoms with van der Waals surface area (Å²) in [5.74, 6) is 2.30. The summed E-state index contributed by atoms with van der Waals surface area (Å²) in [5.41, 5.74) is 6.68. The summed E-state index contributed by atoms with van der Waals surface area (Å²) in [6, 6.07) is 4.81. The molecule has 84 valence electrons. The van der Waals surface area contributed by atoms with E-state index in [0.29, 0.717) is 17.7 Å². The lowest BCUT2D eigenvalue weighted by Gasteiger charge is -2.11. The predicted octanol–water partition coefficient (Wildman–Crippen LogP) is 2.17. The molecule has 0 aliphatic carbocycles. The number of hydrogen-bond acceptors (Lipinski definition) is 2. The average molecular weight is 281 g/mol. The van der Waals surface area contributed by atoms with E-state index in [1.807, 2.05) is 6.92 Å². The summed E-state index contributed by atoms with van der Waals surface area (Å²) < 4.78 is 0.770. The van der Waals surface area contributed by atoms with Crippen molar-refractivity contribution in [2.75, 3.05) is 5.73 Å². The van der Waals surface area contributed by atoms with Crippen LogP contribution in [0.1, 0.15) is 23.7 Å². The third kappa shape index (κ3) is 3.28. The van der Waals surface area contributed by atoms with Crippen LogP contribution in [0.4, 0.5) is 5.69 Å². The quantitative estimate of drug-likeness (QED) is 0.659. The van der Waals surface area contributed by atoms with Gasteiger partial charge in [0.1, 0.15) is 0 Å². The van der Waals surface area contributed by atoms with E-state index in [1.54, 1.807) is 18.2 Å². The fraction of sp³-hybridized carbons (Fsp3) is 0.250. The zero-order chi connectivity index (χ0) is 12.1. The molecule has 4 heteroatoms. The van der Waals surface area contributed by atoms with Gasteiger partial charge in [-0.15, -0.1) is 6.42 Å². The van der Waals surface area contributed by atoms with E-state index in [0.717, 1.165) is 4.47 Å². The van der Waals surface area contributed by atoms with E-state index in [1.165, 1.54) is 0 Å². The first-order valence-corrected chi connectivity index (χ1v) is 5.69. The fourth-order valence-corrected chi connectivity index (χ4v) is 1.76. The smallest absolute Gasteiger partial charge is 0.252 e. The predicted molar refractivity (Wildman–Crippen MR) is 68.9 cm³/mol. The normalized spacial score (nSPS) is 11.6. The first-order chi connectivity index (χ1) is 7.56.